The summed E-state index contributed by atoms with van der Waals surface area (Å²) in [7, 11) is 8.14. The van der Waals surface area contributed by atoms with Crippen molar-refractivity contribution in [1.29, 1.82) is 0 Å². The van der Waals surface area contributed by atoms with E-state index in [1.165, 1.54) is 6.08 Å². The molecule has 0 aliphatic carbocycles. The highest BCUT2D eigenvalue weighted by atomic mass is 16.5. The Hall–Kier alpha value is -2.21. The fraction of sp³-hybridized carbons (Fsp3) is 0.357. The van der Waals surface area contributed by atoms with Gasteiger partial charge in [0.2, 0.25) is 0 Å². The molecule has 1 amide bonds. The Balaban J connectivity index is 3.04. The fourth-order valence-corrected chi connectivity index (χ4v) is 1.61. The summed E-state index contributed by atoms with van der Waals surface area (Å²) in [6.45, 7) is 0. The number of amides is 1. The van der Waals surface area contributed by atoms with Crippen LogP contribution in [0.15, 0.2) is 18.2 Å². The van der Waals surface area contributed by atoms with Crippen LogP contribution in [0.2, 0.25) is 0 Å². The van der Waals surface area contributed by atoms with E-state index in [0.29, 0.717) is 17.2 Å². The van der Waals surface area contributed by atoms with Crippen LogP contribution in [-0.2, 0) is 4.79 Å². The van der Waals surface area contributed by atoms with Gasteiger partial charge in [-0.2, -0.15) is 0 Å². The van der Waals surface area contributed by atoms with Crippen molar-refractivity contribution in [1.82, 2.24) is 10.4 Å². The molecule has 6 nitrogen and oxygen atoms in total. The molecule has 0 aromatic heterocycles. The summed E-state index contributed by atoms with van der Waals surface area (Å²) in [6.07, 6.45) is 3.07. The monoisotopic (exact) mass is 280 g/mol. The number of rotatable bonds is 6. The molecule has 1 aromatic carbocycles. The van der Waals surface area contributed by atoms with E-state index in [1.807, 2.05) is 0 Å². The zero-order chi connectivity index (χ0) is 15.1. The second-order valence-corrected chi connectivity index (χ2v) is 4.15. The van der Waals surface area contributed by atoms with Gasteiger partial charge in [-0.25, -0.2) is 5.01 Å². The van der Waals surface area contributed by atoms with Gasteiger partial charge in [0, 0.05) is 31.8 Å². The third-order valence-corrected chi connectivity index (χ3v) is 2.48. The van der Waals surface area contributed by atoms with Crippen molar-refractivity contribution in [3.8, 4) is 17.2 Å². The lowest BCUT2D eigenvalue weighted by Crippen LogP contribution is -2.34. The van der Waals surface area contributed by atoms with Gasteiger partial charge >= 0.3 is 0 Å². The van der Waals surface area contributed by atoms with E-state index in [0.717, 1.165) is 5.56 Å². The highest BCUT2D eigenvalue weighted by molar-refractivity contribution is 5.91. The first-order valence-electron chi connectivity index (χ1n) is 5.97. The van der Waals surface area contributed by atoms with Crippen LogP contribution >= 0.6 is 0 Å². The smallest absolute Gasteiger partial charge is 0.258 e. The minimum absolute atomic E-state index is 0.230. The molecule has 0 radical (unpaired) electrons. The Morgan fingerprint density at radius 2 is 1.60 bits per heavy atom. The molecule has 0 heterocycles. The molecule has 20 heavy (non-hydrogen) atoms. The summed E-state index contributed by atoms with van der Waals surface area (Å²) in [5.41, 5.74) is 3.33. The minimum atomic E-state index is -0.230. The average Bonchev–Trinajstić information content (AvgIpc) is 2.43. The number of nitrogens with one attached hydrogen (secondary N) is 1. The van der Waals surface area contributed by atoms with Crippen molar-refractivity contribution >= 4 is 12.0 Å². The van der Waals surface area contributed by atoms with Gasteiger partial charge in [0.15, 0.2) is 11.5 Å². The van der Waals surface area contributed by atoms with E-state index in [1.54, 1.807) is 58.6 Å². The maximum absolute atomic E-state index is 11.6. The second-order valence-electron chi connectivity index (χ2n) is 4.15. The molecule has 0 spiro atoms. The molecular weight excluding hydrogens is 260 g/mol. The Morgan fingerprint density at radius 3 is 2.10 bits per heavy atom. The van der Waals surface area contributed by atoms with Crippen LogP contribution < -0.4 is 19.6 Å². The van der Waals surface area contributed by atoms with E-state index >= 15 is 0 Å². The first kappa shape index (κ1) is 15.8. The van der Waals surface area contributed by atoms with Gasteiger partial charge < -0.3 is 14.2 Å². The summed E-state index contributed by atoms with van der Waals surface area (Å²) in [5.74, 6) is 1.50. The highest BCUT2D eigenvalue weighted by Gasteiger charge is 2.10. The van der Waals surface area contributed by atoms with Gasteiger partial charge in [-0.15, -0.1) is 0 Å². The number of benzene rings is 1. The summed E-state index contributed by atoms with van der Waals surface area (Å²) in [4.78, 5) is 11.6. The minimum Gasteiger partial charge on any atom is -0.496 e. The van der Waals surface area contributed by atoms with Gasteiger partial charge in [-0.05, 0) is 12.1 Å². The van der Waals surface area contributed by atoms with Crippen LogP contribution in [0.25, 0.3) is 6.08 Å². The molecule has 1 rings (SSSR count). The molecule has 0 aliphatic heterocycles. The van der Waals surface area contributed by atoms with E-state index in [9.17, 15) is 4.79 Å². The van der Waals surface area contributed by atoms with E-state index in [-0.39, 0.29) is 5.91 Å². The third kappa shape index (κ3) is 4.17. The number of hydrogen-bond donors (Lipinski definition) is 1. The Labute approximate surface area is 118 Å². The average molecular weight is 280 g/mol. The summed E-state index contributed by atoms with van der Waals surface area (Å²) >= 11 is 0. The first-order chi connectivity index (χ1) is 9.51. The predicted octanol–water partition coefficient (Wildman–Crippen LogP) is 1.32. The van der Waals surface area contributed by atoms with Crippen LogP contribution in [0, 0.1) is 0 Å². The lowest BCUT2D eigenvalue weighted by Gasteiger charge is -2.12. The lowest BCUT2D eigenvalue weighted by atomic mass is 10.1. The van der Waals surface area contributed by atoms with Crippen molar-refractivity contribution in [3.05, 3.63) is 23.8 Å². The maximum atomic E-state index is 11.6. The zero-order valence-electron chi connectivity index (χ0n) is 12.4. The number of carbonyl (C=O) groups is 1. The lowest BCUT2D eigenvalue weighted by molar-refractivity contribution is -0.119. The van der Waals surface area contributed by atoms with Crippen molar-refractivity contribution in [2.45, 2.75) is 0 Å². The van der Waals surface area contributed by atoms with Gasteiger partial charge in [-0.3, -0.25) is 10.2 Å². The van der Waals surface area contributed by atoms with Crippen molar-refractivity contribution < 1.29 is 19.0 Å². The van der Waals surface area contributed by atoms with E-state index < -0.39 is 0 Å². The summed E-state index contributed by atoms with van der Waals surface area (Å²) in [5, 5.41) is 1.57. The number of ether oxygens (including phenoxy) is 3. The van der Waals surface area contributed by atoms with Crippen LogP contribution in [0.1, 0.15) is 5.56 Å². The largest absolute Gasteiger partial charge is 0.496 e. The topological polar surface area (TPSA) is 60.0 Å². The number of nitrogens with zero attached hydrogens (tertiary/aromatic N) is 1. The van der Waals surface area contributed by atoms with Crippen LogP contribution in [0.5, 0.6) is 17.2 Å². The maximum Gasteiger partial charge on any atom is 0.258 e. The van der Waals surface area contributed by atoms with E-state index in [4.69, 9.17) is 14.2 Å². The molecule has 0 saturated heterocycles. The normalized spacial score (nSPS) is 10.7. The second kappa shape index (κ2) is 7.40. The van der Waals surface area contributed by atoms with Gasteiger partial charge in [0.05, 0.1) is 21.3 Å². The molecule has 0 bridgehead atoms. The van der Waals surface area contributed by atoms with Crippen LogP contribution in [0.3, 0.4) is 0 Å². The van der Waals surface area contributed by atoms with Crippen molar-refractivity contribution in [2.75, 3.05) is 35.4 Å². The van der Waals surface area contributed by atoms with Crippen LogP contribution in [-0.4, -0.2) is 46.3 Å². The molecule has 1 aromatic rings. The number of hydrazine groups is 1. The standard InChI is InChI=1S/C14H20N2O4/c1-16(2)15-14(17)7-6-10-8-12(19-4)13(20-5)9-11(10)18-3/h6-9H,1-5H3,(H,15,17)/b7-6+. The number of methoxy groups -OCH3 is 3. The highest BCUT2D eigenvalue weighted by Crippen LogP contribution is 2.35. The zero-order valence-corrected chi connectivity index (χ0v) is 12.4. The molecule has 0 atom stereocenters. The number of hydrogen-bond acceptors (Lipinski definition) is 5. The summed E-state index contributed by atoms with van der Waals surface area (Å²) in [6, 6.07) is 3.46. The SMILES string of the molecule is COc1cc(OC)c(OC)cc1/C=C/C(=O)NN(C)C. The van der Waals surface area contributed by atoms with Gasteiger partial charge in [-0.1, -0.05) is 0 Å². The molecule has 0 aliphatic rings. The first-order valence-corrected chi connectivity index (χ1v) is 5.97. The fourth-order valence-electron chi connectivity index (χ4n) is 1.61. The molecule has 6 heteroatoms. The van der Waals surface area contributed by atoms with Gasteiger partial charge in [0.1, 0.15) is 5.75 Å². The Kier molecular flexibility index (Phi) is 5.86. The Bertz CT molecular complexity index is 498. The predicted molar refractivity (Wildman–Crippen MR) is 77.0 cm³/mol. The van der Waals surface area contributed by atoms with Gasteiger partial charge in [0.25, 0.3) is 5.91 Å². The number of carbonyl (C=O) groups excluding carboxylic acids is 1. The molecule has 0 unspecified atom stereocenters. The van der Waals surface area contributed by atoms with Crippen molar-refractivity contribution in [3.63, 3.8) is 0 Å². The molecule has 0 saturated carbocycles. The quantitative estimate of drug-likeness (QED) is 0.629. The third-order valence-electron chi connectivity index (χ3n) is 2.48. The van der Waals surface area contributed by atoms with Crippen molar-refractivity contribution in [2.24, 2.45) is 0 Å². The molecular formula is C14H20N2O4. The van der Waals surface area contributed by atoms with E-state index in [2.05, 4.69) is 5.43 Å². The Morgan fingerprint density at radius 1 is 1.05 bits per heavy atom. The molecule has 110 valence electrons. The summed E-state index contributed by atoms with van der Waals surface area (Å²) < 4.78 is 15.7. The van der Waals surface area contributed by atoms with Crippen LogP contribution in [0.4, 0.5) is 0 Å². The molecule has 0 fully saturated rings. The molecule has 1 N–H and O–H groups in total.